The Bertz CT molecular complexity index is 764. The molecule has 2 aromatic rings. The number of amides is 1. The number of aromatic nitrogens is 1. The zero-order chi connectivity index (χ0) is 17.1. The Morgan fingerprint density at radius 2 is 2.21 bits per heavy atom. The lowest BCUT2D eigenvalue weighted by molar-refractivity contribution is -0.385. The van der Waals surface area contributed by atoms with Crippen LogP contribution < -0.4 is 4.74 Å². The van der Waals surface area contributed by atoms with E-state index in [0.717, 1.165) is 18.5 Å². The number of carbonyl (C=O) groups excluding carboxylic acids is 1. The Morgan fingerprint density at radius 1 is 1.38 bits per heavy atom. The maximum absolute atomic E-state index is 12.8. The van der Waals surface area contributed by atoms with Crippen molar-refractivity contribution in [1.29, 1.82) is 0 Å². The third-order valence-electron chi connectivity index (χ3n) is 4.17. The summed E-state index contributed by atoms with van der Waals surface area (Å²) in [6, 6.07) is 9.81. The van der Waals surface area contributed by atoms with Crippen LogP contribution in [0.4, 0.5) is 5.69 Å². The van der Waals surface area contributed by atoms with Crippen LogP contribution >= 0.6 is 0 Å². The van der Waals surface area contributed by atoms with E-state index in [4.69, 9.17) is 4.74 Å². The maximum atomic E-state index is 12.8. The highest BCUT2D eigenvalue weighted by atomic mass is 16.6. The average Bonchev–Trinajstić information content (AvgIpc) is 3.11. The number of carbonyl (C=O) groups is 1. The first-order valence-electron chi connectivity index (χ1n) is 7.66. The van der Waals surface area contributed by atoms with Gasteiger partial charge >= 0.3 is 5.69 Å². The lowest BCUT2D eigenvalue weighted by Gasteiger charge is -2.24. The molecule has 7 heteroatoms. The molecule has 3 rings (SSSR count). The van der Waals surface area contributed by atoms with Crippen molar-refractivity contribution in [1.82, 2.24) is 9.88 Å². The SMILES string of the molecule is COc1ccc(C(=O)N2CCC[C@H]2c2ccccn2)cc1[N+](=O)[O-]. The molecule has 24 heavy (non-hydrogen) atoms. The number of nitro groups is 1. The summed E-state index contributed by atoms with van der Waals surface area (Å²) in [5.41, 5.74) is 0.911. The maximum Gasteiger partial charge on any atom is 0.311 e. The summed E-state index contributed by atoms with van der Waals surface area (Å²) in [5.74, 6) is -0.0897. The summed E-state index contributed by atoms with van der Waals surface area (Å²) in [4.78, 5) is 29.5. The zero-order valence-electron chi connectivity index (χ0n) is 13.2. The fourth-order valence-electron chi connectivity index (χ4n) is 3.02. The van der Waals surface area contributed by atoms with Crippen LogP contribution in [0.15, 0.2) is 42.6 Å². The topological polar surface area (TPSA) is 85.6 Å². The molecule has 2 heterocycles. The van der Waals surface area contributed by atoms with Crippen LogP contribution in [-0.2, 0) is 0 Å². The highest BCUT2D eigenvalue weighted by Gasteiger charge is 2.32. The molecule has 1 aliphatic heterocycles. The van der Waals surface area contributed by atoms with Crippen molar-refractivity contribution in [2.75, 3.05) is 13.7 Å². The van der Waals surface area contributed by atoms with Crippen LogP contribution in [0.1, 0.15) is 34.9 Å². The molecule has 124 valence electrons. The quantitative estimate of drug-likeness (QED) is 0.636. The highest BCUT2D eigenvalue weighted by Crippen LogP contribution is 2.34. The first-order chi connectivity index (χ1) is 11.6. The van der Waals surface area contributed by atoms with Gasteiger partial charge in [0.2, 0.25) is 0 Å². The molecule has 1 saturated heterocycles. The van der Waals surface area contributed by atoms with Gasteiger partial charge in [-0.3, -0.25) is 19.9 Å². The zero-order valence-corrected chi connectivity index (χ0v) is 13.2. The minimum atomic E-state index is -0.546. The number of nitro benzene ring substituents is 1. The van der Waals surface area contributed by atoms with Crippen LogP contribution in [0.25, 0.3) is 0 Å². The molecule has 1 aliphatic rings. The molecular weight excluding hydrogens is 310 g/mol. The normalized spacial score (nSPS) is 16.9. The lowest BCUT2D eigenvalue weighted by Crippen LogP contribution is -2.31. The highest BCUT2D eigenvalue weighted by molar-refractivity contribution is 5.95. The van der Waals surface area contributed by atoms with Crippen LogP contribution in [0.2, 0.25) is 0 Å². The van der Waals surface area contributed by atoms with E-state index >= 15 is 0 Å². The standard InChI is InChI=1S/C17H17N3O4/c1-24-16-8-7-12(11-15(16)20(22)23)17(21)19-10-4-6-14(19)13-5-2-3-9-18-13/h2-3,5,7-9,11,14H,4,6,10H2,1H3/t14-/m0/s1. The van der Waals surface area contributed by atoms with Gasteiger partial charge in [-0.05, 0) is 37.1 Å². The number of pyridine rings is 1. The Balaban J connectivity index is 1.91. The number of benzene rings is 1. The molecule has 1 aromatic carbocycles. The predicted octanol–water partition coefficient (Wildman–Crippen LogP) is 2.98. The monoisotopic (exact) mass is 327 g/mol. The minimum absolute atomic E-state index is 0.0974. The average molecular weight is 327 g/mol. The van der Waals surface area contributed by atoms with Crippen LogP contribution in [0, 0.1) is 10.1 Å². The van der Waals surface area contributed by atoms with Crippen molar-refractivity contribution >= 4 is 11.6 Å². The summed E-state index contributed by atoms with van der Waals surface area (Å²) in [5, 5.41) is 11.2. The molecule has 0 unspecified atom stereocenters. The Kier molecular flexibility index (Phi) is 4.41. The number of hydrogen-bond donors (Lipinski definition) is 0. The summed E-state index contributed by atoms with van der Waals surface area (Å²) < 4.78 is 4.98. The van der Waals surface area contributed by atoms with Crippen molar-refractivity contribution in [3.63, 3.8) is 0 Å². The number of rotatable bonds is 4. The first-order valence-corrected chi connectivity index (χ1v) is 7.66. The van der Waals surface area contributed by atoms with E-state index < -0.39 is 4.92 Å². The van der Waals surface area contributed by atoms with Gasteiger partial charge in [0.1, 0.15) is 0 Å². The van der Waals surface area contributed by atoms with Crippen molar-refractivity contribution in [2.24, 2.45) is 0 Å². The van der Waals surface area contributed by atoms with E-state index in [-0.39, 0.29) is 28.9 Å². The minimum Gasteiger partial charge on any atom is -0.490 e. The van der Waals surface area contributed by atoms with E-state index in [1.54, 1.807) is 17.2 Å². The van der Waals surface area contributed by atoms with Gasteiger partial charge in [-0.2, -0.15) is 0 Å². The fraction of sp³-hybridized carbons (Fsp3) is 0.294. The smallest absolute Gasteiger partial charge is 0.311 e. The molecular formula is C17H17N3O4. The first kappa shape index (κ1) is 15.9. The van der Waals surface area contributed by atoms with Gasteiger partial charge in [-0.25, -0.2) is 0 Å². The number of ether oxygens (including phenoxy) is 1. The number of likely N-dealkylation sites (tertiary alicyclic amines) is 1. The van der Waals surface area contributed by atoms with Crippen LogP contribution in [0.5, 0.6) is 5.75 Å². The van der Waals surface area contributed by atoms with Gasteiger partial charge in [0.05, 0.1) is 23.8 Å². The second-order valence-electron chi connectivity index (χ2n) is 5.55. The summed E-state index contributed by atoms with van der Waals surface area (Å²) in [7, 11) is 1.36. The van der Waals surface area contributed by atoms with E-state index in [2.05, 4.69) is 4.98 Å². The number of hydrogen-bond acceptors (Lipinski definition) is 5. The number of nitrogens with zero attached hydrogens (tertiary/aromatic N) is 3. The third kappa shape index (κ3) is 2.92. The number of methoxy groups -OCH3 is 1. The molecule has 0 bridgehead atoms. The van der Waals surface area contributed by atoms with Gasteiger partial charge in [-0.15, -0.1) is 0 Å². The van der Waals surface area contributed by atoms with Gasteiger partial charge < -0.3 is 9.64 Å². The van der Waals surface area contributed by atoms with Crippen molar-refractivity contribution in [3.8, 4) is 5.75 Å². The van der Waals surface area contributed by atoms with E-state index in [1.807, 2.05) is 18.2 Å². The lowest BCUT2D eigenvalue weighted by atomic mass is 10.1. The third-order valence-corrected chi connectivity index (χ3v) is 4.17. The molecule has 1 aromatic heterocycles. The molecule has 0 aliphatic carbocycles. The predicted molar refractivity (Wildman–Crippen MR) is 86.9 cm³/mol. The van der Waals surface area contributed by atoms with Crippen molar-refractivity contribution in [3.05, 3.63) is 64.0 Å². The fourth-order valence-corrected chi connectivity index (χ4v) is 3.02. The van der Waals surface area contributed by atoms with Gasteiger partial charge in [0.25, 0.3) is 5.91 Å². The Hall–Kier alpha value is -2.96. The van der Waals surface area contributed by atoms with Gasteiger partial charge in [0.15, 0.2) is 5.75 Å². The van der Waals surface area contributed by atoms with E-state index in [9.17, 15) is 14.9 Å². The van der Waals surface area contributed by atoms with Crippen LogP contribution in [-0.4, -0.2) is 34.4 Å². The summed E-state index contributed by atoms with van der Waals surface area (Å²) in [6.07, 6.45) is 3.42. The summed E-state index contributed by atoms with van der Waals surface area (Å²) in [6.45, 7) is 0.611. The Labute approximate surface area is 139 Å². The van der Waals surface area contributed by atoms with Gasteiger partial charge in [0, 0.05) is 24.4 Å². The molecule has 7 nitrogen and oxygen atoms in total. The van der Waals surface area contributed by atoms with Crippen molar-refractivity contribution in [2.45, 2.75) is 18.9 Å². The Morgan fingerprint density at radius 3 is 2.88 bits per heavy atom. The molecule has 1 amide bonds. The van der Waals surface area contributed by atoms with Crippen LogP contribution in [0.3, 0.4) is 0 Å². The molecule has 1 fully saturated rings. The molecule has 0 N–H and O–H groups in total. The largest absolute Gasteiger partial charge is 0.490 e. The van der Waals surface area contributed by atoms with E-state index in [0.29, 0.717) is 6.54 Å². The molecule has 0 radical (unpaired) electrons. The van der Waals surface area contributed by atoms with Gasteiger partial charge in [-0.1, -0.05) is 6.07 Å². The van der Waals surface area contributed by atoms with E-state index in [1.165, 1.54) is 19.2 Å². The molecule has 0 saturated carbocycles. The summed E-state index contributed by atoms with van der Waals surface area (Å²) >= 11 is 0. The second kappa shape index (κ2) is 6.66. The molecule has 0 spiro atoms. The second-order valence-corrected chi connectivity index (χ2v) is 5.55. The van der Waals surface area contributed by atoms with Crippen molar-refractivity contribution < 1.29 is 14.5 Å². The molecule has 1 atom stereocenters.